The molecule has 0 spiro atoms. The minimum Gasteiger partial charge on any atom is -0.494 e. The first-order valence-corrected chi connectivity index (χ1v) is 9.70. The number of benzene rings is 1. The van der Waals surface area contributed by atoms with Crippen LogP contribution in [0.15, 0.2) is 29.3 Å². The fourth-order valence-corrected chi connectivity index (χ4v) is 2.88. The topological polar surface area (TPSA) is 63.5 Å². The normalized spacial score (nSPS) is 11.1. The van der Waals surface area contributed by atoms with Crippen LogP contribution in [0.4, 0.5) is 0 Å². The highest BCUT2D eigenvalue weighted by Crippen LogP contribution is 2.13. The molecule has 0 fully saturated rings. The van der Waals surface area contributed by atoms with E-state index in [4.69, 9.17) is 4.74 Å². The molecule has 156 valence electrons. The van der Waals surface area contributed by atoms with Gasteiger partial charge >= 0.3 is 0 Å². The molecule has 28 heavy (non-hydrogen) atoms. The molecular formula is C21H34IN5O. The number of ether oxygens (including phenoxy) is 1. The van der Waals surface area contributed by atoms with Crippen molar-refractivity contribution in [1.29, 1.82) is 0 Å². The summed E-state index contributed by atoms with van der Waals surface area (Å²) in [5, 5.41) is 11.2. The van der Waals surface area contributed by atoms with Crippen LogP contribution in [0.3, 0.4) is 0 Å². The summed E-state index contributed by atoms with van der Waals surface area (Å²) < 4.78 is 7.62. The van der Waals surface area contributed by atoms with E-state index in [1.165, 1.54) is 16.8 Å². The van der Waals surface area contributed by atoms with Crippen molar-refractivity contribution in [2.45, 2.75) is 46.6 Å². The number of rotatable bonds is 9. The lowest BCUT2D eigenvalue weighted by molar-refractivity contribution is 0.309. The second-order valence-corrected chi connectivity index (χ2v) is 6.72. The Morgan fingerprint density at radius 2 is 1.89 bits per heavy atom. The summed E-state index contributed by atoms with van der Waals surface area (Å²) in [6.45, 7) is 8.62. The van der Waals surface area contributed by atoms with E-state index in [2.05, 4.69) is 46.7 Å². The van der Waals surface area contributed by atoms with Crippen LogP contribution in [-0.4, -0.2) is 35.9 Å². The lowest BCUT2D eigenvalue weighted by atomic mass is 10.1. The zero-order chi connectivity index (χ0) is 19.6. The van der Waals surface area contributed by atoms with Gasteiger partial charge in [0.25, 0.3) is 0 Å². The third-order valence-electron chi connectivity index (χ3n) is 4.71. The number of guanidine groups is 1. The second-order valence-electron chi connectivity index (χ2n) is 6.72. The average Bonchev–Trinajstić information content (AvgIpc) is 2.91. The quantitative estimate of drug-likeness (QED) is 0.239. The first kappa shape index (κ1) is 24.3. The van der Waals surface area contributed by atoms with Gasteiger partial charge in [-0.1, -0.05) is 25.5 Å². The number of unbranched alkanes of at least 4 members (excludes halogenated alkanes) is 1. The van der Waals surface area contributed by atoms with Crippen LogP contribution >= 0.6 is 24.0 Å². The van der Waals surface area contributed by atoms with Crippen molar-refractivity contribution in [3.8, 4) is 5.75 Å². The molecule has 0 aliphatic carbocycles. The lowest BCUT2D eigenvalue weighted by Crippen LogP contribution is -2.38. The van der Waals surface area contributed by atoms with Gasteiger partial charge in [-0.15, -0.1) is 24.0 Å². The SMILES string of the molecule is CCCCOc1ccc(CCNC(=NC)NCc2c(C)nn(C)c2C)cc1.I. The molecule has 2 N–H and O–H groups in total. The highest BCUT2D eigenvalue weighted by molar-refractivity contribution is 14.0. The van der Waals surface area contributed by atoms with E-state index in [0.29, 0.717) is 0 Å². The molecule has 0 aliphatic heterocycles. The average molecular weight is 499 g/mol. The van der Waals surface area contributed by atoms with Crippen LogP contribution in [0.2, 0.25) is 0 Å². The number of nitrogens with one attached hydrogen (secondary N) is 2. The number of aliphatic imine (C=N–C) groups is 1. The van der Waals surface area contributed by atoms with E-state index < -0.39 is 0 Å². The van der Waals surface area contributed by atoms with Crippen LogP contribution in [0.1, 0.15) is 42.3 Å². The van der Waals surface area contributed by atoms with Gasteiger partial charge in [-0.25, -0.2) is 0 Å². The minimum atomic E-state index is 0. The van der Waals surface area contributed by atoms with Crippen LogP contribution in [0.5, 0.6) is 5.75 Å². The molecule has 7 heteroatoms. The highest BCUT2D eigenvalue weighted by Gasteiger charge is 2.09. The maximum atomic E-state index is 5.70. The van der Waals surface area contributed by atoms with Gasteiger partial charge < -0.3 is 15.4 Å². The highest BCUT2D eigenvalue weighted by atomic mass is 127. The van der Waals surface area contributed by atoms with Crippen molar-refractivity contribution in [2.24, 2.45) is 12.0 Å². The Morgan fingerprint density at radius 1 is 1.18 bits per heavy atom. The van der Waals surface area contributed by atoms with Crippen LogP contribution in [0.25, 0.3) is 0 Å². The van der Waals surface area contributed by atoms with Gasteiger partial charge in [0.05, 0.1) is 12.3 Å². The molecule has 0 bridgehead atoms. The Kier molecular flexibility index (Phi) is 11.0. The number of nitrogens with zero attached hydrogens (tertiary/aromatic N) is 3. The molecular weight excluding hydrogens is 465 g/mol. The van der Waals surface area contributed by atoms with E-state index in [-0.39, 0.29) is 24.0 Å². The molecule has 1 heterocycles. The number of aryl methyl sites for hydroxylation is 2. The molecule has 6 nitrogen and oxygen atoms in total. The van der Waals surface area contributed by atoms with Gasteiger partial charge in [-0.3, -0.25) is 9.67 Å². The molecule has 1 aromatic carbocycles. The summed E-state index contributed by atoms with van der Waals surface area (Å²) in [5.41, 5.74) is 4.73. The Hall–Kier alpha value is -1.77. The molecule has 2 aromatic rings. The number of aromatic nitrogens is 2. The van der Waals surface area contributed by atoms with Crippen LogP contribution in [-0.2, 0) is 20.0 Å². The fourth-order valence-electron chi connectivity index (χ4n) is 2.88. The van der Waals surface area contributed by atoms with Gasteiger partial charge in [-0.05, 0) is 44.4 Å². The second kappa shape index (κ2) is 12.6. The molecule has 0 saturated carbocycles. The van der Waals surface area contributed by atoms with Gasteiger partial charge in [0.15, 0.2) is 5.96 Å². The summed E-state index contributed by atoms with van der Waals surface area (Å²) in [5.74, 6) is 1.75. The standard InChI is InChI=1S/C21H33N5O.HI/c1-6-7-14-27-19-10-8-18(9-11-19)12-13-23-21(22-4)24-15-20-16(2)25-26(5)17(20)3;/h8-11H,6-7,12-15H2,1-5H3,(H2,22,23,24);1H. The van der Waals surface area contributed by atoms with E-state index >= 15 is 0 Å². The summed E-state index contributed by atoms with van der Waals surface area (Å²) in [6.07, 6.45) is 3.18. The van der Waals surface area contributed by atoms with E-state index in [1.807, 2.05) is 30.8 Å². The Labute approximate surface area is 186 Å². The smallest absolute Gasteiger partial charge is 0.191 e. The summed E-state index contributed by atoms with van der Waals surface area (Å²) in [7, 11) is 3.76. The van der Waals surface area contributed by atoms with Gasteiger partial charge in [0.2, 0.25) is 0 Å². The molecule has 0 aliphatic rings. The lowest BCUT2D eigenvalue weighted by Gasteiger charge is -2.12. The molecule has 0 radical (unpaired) electrons. The maximum absolute atomic E-state index is 5.70. The Balaban J connectivity index is 0.00000392. The van der Waals surface area contributed by atoms with Crippen molar-refractivity contribution >= 4 is 29.9 Å². The minimum absolute atomic E-state index is 0. The maximum Gasteiger partial charge on any atom is 0.191 e. The van der Waals surface area contributed by atoms with Crippen LogP contribution in [0, 0.1) is 13.8 Å². The first-order chi connectivity index (χ1) is 13.0. The summed E-state index contributed by atoms with van der Waals surface area (Å²) in [6, 6.07) is 8.35. The summed E-state index contributed by atoms with van der Waals surface area (Å²) >= 11 is 0. The first-order valence-electron chi connectivity index (χ1n) is 9.70. The number of hydrogen-bond donors (Lipinski definition) is 2. The zero-order valence-electron chi connectivity index (χ0n) is 17.7. The van der Waals surface area contributed by atoms with E-state index in [9.17, 15) is 0 Å². The van der Waals surface area contributed by atoms with Gasteiger partial charge in [0, 0.05) is 38.4 Å². The van der Waals surface area contributed by atoms with Gasteiger partial charge in [0.1, 0.15) is 5.75 Å². The van der Waals surface area contributed by atoms with E-state index in [0.717, 1.165) is 56.4 Å². The predicted molar refractivity (Wildman–Crippen MR) is 127 cm³/mol. The molecule has 0 amide bonds. The molecule has 2 rings (SSSR count). The third-order valence-corrected chi connectivity index (χ3v) is 4.71. The molecule has 0 atom stereocenters. The fraction of sp³-hybridized carbons (Fsp3) is 0.524. The third kappa shape index (κ3) is 7.33. The van der Waals surface area contributed by atoms with Crippen molar-refractivity contribution in [3.05, 3.63) is 46.8 Å². The van der Waals surface area contributed by atoms with Crippen LogP contribution < -0.4 is 15.4 Å². The Bertz CT molecular complexity index is 740. The van der Waals surface area contributed by atoms with Crippen molar-refractivity contribution < 1.29 is 4.74 Å². The molecule has 0 saturated heterocycles. The predicted octanol–water partition coefficient (Wildman–Crippen LogP) is 3.74. The molecule has 1 aromatic heterocycles. The molecule has 0 unspecified atom stereocenters. The Morgan fingerprint density at radius 3 is 2.46 bits per heavy atom. The zero-order valence-corrected chi connectivity index (χ0v) is 20.0. The summed E-state index contributed by atoms with van der Waals surface area (Å²) in [4.78, 5) is 4.30. The van der Waals surface area contributed by atoms with E-state index in [1.54, 1.807) is 7.05 Å². The van der Waals surface area contributed by atoms with Crippen molar-refractivity contribution in [2.75, 3.05) is 20.2 Å². The van der Waals surface area contributed by atoms with Crippen molar-refractivity contribution in [3.63, 3.8) is 0 Å². The monoisotopic (exact) mass is 499 g/mol. The number of halogens is 1. The van der Waals surface area contributed by atoms with Gasteiger partial charge in [-0.2, -0.15) is 5.10 Å². The largest absolute Gasteiger partial charge is 0.494 e. The van der Waals surface area contributed by atoms with Crippen molar-refractivity contribution in [1.82, 2.24) is 20.4 Å². The number of hydrogen-bond acceptors (Lipinski definition) is 3.